The van der Waals surface area contributed by atoms with Gasteiger partial charge in [-0.15, -0.1) is 0 Å². The van der Waals surface area contributed by atoms with Crippen molar-refractivity contribution in [2.45, 2.75) is 0 Å². The van der Waals surface area contributed by atoms with Crippen LogP contribution in [0.3, 0.4) is 0 Å². The van der Waals surface area contributed by atoms with Gasteiger partial charge >= 0.3 is 18.9 Å². The van der Waals surface area contributed by atoms with Crippen molar-refractivity contribution in [3.05, 3.63) is 0 Å². The van der Waals surface area contributed by atoms with Gasteiger partial charge in [0.05, 0.1) is 28.2 Å². The summed E-state index contributed by atoms with van der Waals surface area (Å²) in [6.45, 7) is 0. The molecule has 0 N–H and O–H groups in total. The number of nitrogens with zero attached hydrogens (tertiary/aromatic N) is 1. The Kier molecular flexibility index (Phi) is 12.2. The molecule has 0 saturated carbocycles. The molecular formula is C4H13ILiN. The standard InChI is InChI=1S/C4H12N.HI.Li.H/c1-5(2,3)4;;;/h1-4H3;1H;;/q+1;;;/p-1. The van der Waals surface area contributed by atoms with Crippen molar-refractivity contribution in [1.29, 1.82) is 0 Å². The number of hydrogen-bond donors (Lipinski definition) is 0. The average Bonchev–Trinajstić information content (AvgIpc) is 0.722. The molecule has 0 aliphatic carbocycles. The second kappa shape index (κ2) is 5.42. The molecule has 0 aromatic heterocycles. The fourth-order valence-electron chi connectivity index (χ4n) is 0. The monoisotopic (exact) mass is 209 g/mol. The van der Waals surface area contributed by atoms with E-state index in [2.05, 4.69) is 28.2 Å². The first-order valence-corrected chi connectivity index (χ1v) is 1.79. The van der Waals surface area contributed by atoms with Gasteiger partial charge in [-0.1, -0.05) is 0 Å². The average molecular weight is 209 g/mol. The summed E-state index contributed by atoms with van der Waals surface area (Å²) in [5.41, 5.74) is 0. The van der Waals surface area contributed by atoms with Gasteiger partial charge in [-0.3, -0.25) is 0 Å². The molecule has 0 rings (SSSR count). The summed E-state index contributed by atoms with van der Waals surface area (Å²) in [6.07, 6.45) is 0. The summed E-state index contributed by atoms with van der Waals surface area (Å²) >= 11 is 0. The van der Waals surface area contributed by atoms with Gasteiger partial charge in [-0.25, -0.2) is 0 Å². The quantitative estimate of drug-likeness (QED) is 0.222. The zero-order valence-electron chi connectivity index (χ0n) is 4.83. The molecule has 0 spiro atoms. The summed E-state index contributed by atoms with van der Waals surface area (Å²) in [5, 5.41) is 0. The maximum atomic E-state index is 2.12. The van der Waals surface area contributed by atoms with Gasteiger partial charge in [0.25, 0.3) is 0 Å². The van der Waals surface area contributed by atoms with Crippen LogP contribution >= 0.6 is 0 Å². The third kappa shape index (κ3) is 123. The van der Waals surface area contributed by atoms with E-state index >= 15 is 0 Å². The molecule has 42 valence electrons. The van der Waals surface area contributed by atoms with Gasteiger partial charge in [-0.05, 0) is 0 Å². The van der Waals surface area contributed by atoms with Crippen molar-refractivity contribution >= 4 is 18.9 Å². The number of halogens is 1. The molecule has 0 amide bonds. The Morgan fingerprint density at radius 3 is 0.857 bits per heavy atom. The summed E-state index contributed by atoms with van der Waals surface area (Å²) in [7, 11) is 8.50. The van der Waals surface area contributed by atoms with Crippen molar-refractivity contribution in [2.75, 3.05) is 28.2 Å². The Morgan fingerprint density at radius 2 is 0.857 bits per heavy atom. The van der Waals surface area contributed by atoms with E-state index in [1.165, 1.54) is 0 Å². The Hall–Kier alpha value is 1.29. The minimum absolute atomic E-state index is 0. The van der Waals surface area contributed by atoms with Crippen LogP contribution < -0.4 is 24.0 Å². The van der Waals surface area contributed by atoms with E-state index in [9.17, 15) is 0 Å². The predicted octanol–water partition coefficient (Wildman–Crippen LogP) is -3.32. The van der Waals surface area contributed by atoms with Crippen LogP contribution in [0.15, 0.2) is 0 Å². The first-order chi connectivity index (χ1) is 2.00. The fraction of sp³-hybridized carbons (Fsp3) is 1.00. The van der Waals surface area contributed by atoms with Gasteiger partial charge < -0.3 is 28.5 Å². The molecule has 0 aromatic carbocycles. The fourth-order valence-corrected chi connectivity index (χ4v) is 0. The van der Waals surface area contributed by atoms with Gasteiger partial charge in [0.15, 0.2) is 0 Å². The molecule has 0 aromatic rings. The Morgan fingerprint density at radius 1 is 0.857 bits per heavy atom. The van der Waals surface area contributed by atoms with Crippen LogP contribution in [0.5, 0.6) is 0 Å². The van der Waals surface area contributed by atoms with Crippen LogP contribution in [0.1, 0.15) is 0 Å². The first kappa shape index (κ1) is 15.7. The molecule has 0 unspecified atom stereocenters. The van der Waals surface area contributed by atoms with E-state index in [4.69, 9.17) is 0 Å². The second-order valence-electron chi connectivity index (χ2n) is 2.68. The molecule has 0 fully saturated rings. The molecular weight excluding hydrogens is 196 g/mol. The molecule has 0 aliphatic rings. The number of rotatable bonds is 0. The summed E-state index contributed by atoms with van der Waals surface area (Å²) in [4.78, 5) is 0. The SMILES string of the molecule is C[N+](C)(C)C.[I-].[LiH]. The molecule has 0 heterocycles. The molecule has 7 heavy (non-hydrogen) atoms. The second-order valence-corrected chi connectivity index (χ2v) is 2.68. The van der Waals surface area contributed by atoms with Crippen molar-refractivity contribution in [3.63, 3.8) is 0 Å². The van der Waals surface area contributed by atoms with Crippen LogP contribution in [0, 0.1) is 0 Å². The van der Waals surface area contributed by atoms with Gasteiger partial charge in [0.1, 0.15) is 0 Å². The van der Waals surface area contributed by atoms with Crippen LogP contribution in [-0.4, -0.2) is 51.5 Å². The van der Waals surface area contributed by atoms with Crippen LogP contribution in [0.4, 0.5) is 0 Å². The zero-order chi connectivity index (χ0) is 4.50. The van der Waals surface area contributed by atoms with Gasteiger partial charge in [0.2, 0.25) is 0 Å². The molecule has 0 bridgehead atoms. The van der Waals surface area contributed by atoms with Gasteiger partial charge in [-0.2, -0.15) is 0 Å². The third-order valence-corrected chi connectivity index (χ3v) is 0. The molecule has 3 heteroatoms. The van der Waals surface area contributed by atoms with Gasteiger partial charge in [0, 0.05) is 0 Å². The van der Waals surface area contributed by atoms with E-state index in [-0.39, 0.29) is 42.8 Å². The summed E-state index contributed by atoms with van der Waals surface area (Å²) < 4.78 is 1.00. The van der Waals surface area contributed by atoms with E-state index in [0.717, 1.165) is 4.48 Å². The summed E-state index contributed by atoms with van der Waals surface area (Å²) in [5.74, 6) is 0. The Labute approximate surface area is 75.2 Å². The van der Waals surface area contributed by atoms with Crippen molar-refractivity contribution in [3.8, 4) is 0 Å². The van der Waals surface area contributed by atoms with Crippen LogP contribution in [0.2, 0.25) is 0 Å². The Bertz CT molecular complexity index is 27.2. The van der Waals surface area contributed by atoms with Crippen molar-refractivity contribution < 1.29 is 28.5 Å². The number of quaternary nitrogens is 1. The Balaban J connectivity index is -0.0000000800. The normalized spacial score (nSPS) is 8.57. The van der Waals surface area contributed by atoms with Crippen molar-refractivity contribution in [1.82, 2.24) is 0 Å². The van der Waals surface area contributed by atoms with E-state index in [0.29, 0.717) is 0 Å². The predicted molar refractivity (Wildman–Crippen MR) is 31.1 cm³/mol. The maximum absolute atomic E-state index is 2.12. The summed E-state index contributed by atoms with van der Waals surface area (Å²) in [6, 6.07) is 0. The minimum atomic E-state index is 0. The molecule has 1 nitrogen and oxygen atoms in total. The van der Waals surface area contributed by atoms with Crippen LogP contribution in [0.25, 0.3) is 0 Å². The number of hydrogen-bond acceptors (Lipinski definition) is 0. The third-order valence-electron chi connectivity index (χ3n) is 0. The van der Waals surface area contributed by atoms with Crippen molar-refractivity contribution in [2.24, 2.45) is 0 Å². The molecule has 0 aliphatic heterocycles. The molecule has 0 atom stereocenters. The van der Waals surface area contributed by atoms with E-state index in [1.54, 1.807) is 0 Å². The molecule has 0 saturated heterocycles. The van der Waals surface area contributed by atoms with E-state index in [1.807, 2.05) is 0 Å². The molecule has 0 radical (unpaired) electrons. The van der Waals surface area contributed by atoms with Crippen LogP contribution in [-0.2, 0) is 0 Å². The topological polar surface area (TPSA) is 0 Å². The zero-order valence-corrected chi connectivity index (χ0v) is 6.98. The van der Waals surface area contributed by atoms with E-state index < -0.39 is 0 Å². The first-order valence-electron chi connectivity index (χ1n) is 1.79.